The van der Waals surface area contributed by atoms with Crippen molar-refractivity contribution in [3.63, 3.8) is 0 Å². The van der Waals surface area contributed by atoms with Crippen LogP contribution in [0.4, 0.5) is 0 Å². The average molecular weight is 368 g/mol. The number of benzene rings is 1. The van der Waals surface area contributed by atoms with Crippen LogP contribution in [0.15, 0.2) is 39.2 Å². The van der Waals surface area contributed by atoms with Crippen LogP contribution in [0.2, 0.25) is 0 Å². The Morgan fingerprint density at radius 3 is 2.62 bits per heavy atom. The number of thioether (sulfide) groups is 1. The molecule has 1 aromatic carbocycles. The molecule has 0 aliphatic carbocycles. The summed E-state index contributed by atoms with van der Waals surface area (Å²) in [6, 6.07) is 10.1. The van der Waals surface area contributed by atoms with Gasteiger partial charge in [-0.25, -0.2) is 0 Å². The van der Waals surface area contributed by atoms with E-state index in [0.717, 1.165) is 21.7 Å². The molecule has 2 aromatic rings. The number of halogens is 1. The highest BCUT2D eigenvalue weighted by Crippen LogP contribution is 2.16. The number of rotatable bonds is 6. The topological polar surface area (TPSA) is 42.2 Å². The Kier molecular flexibility index (Phi) is 5.94. The van der Waals surface area contributed by atoms with E-state index in [0.29, 0.717) is 17.9 Å². The second-order valence-electron chi connectivity index (χ2n) is 4.76. The Labute approximate surface area is 137 Å². The lowest BCUT2D eigenvalue weighted by Gasteiger charge is -2.05. The van der Waals surface area contributed by atoms with Crippen LogP contribution >= 0.6 is 27.7 Å². The van der Waals surface area contributed by atoms with Gasteiger partial charge in [-0.1, -0.05) is 28.1 Å². The minimum Gasteiger partial charge on any atom is -0.466 e. The molecular formula is C16H18BrNO2S. The molecule has 0 aliphatic heterocycles. The molecule has 1 N–H and O–H groups in total. The molecule has 0 atom stereocenters. The maximum atomic E-state index is 12.0. The Morgan fingerprint density at radius 2 is 2.00 bits per heavy atom. The van der Waals surface area contributed by atoms with E-state index in [1.165, 1.54) is 5.56 Å². The Balaban J connectivity index is 1.69. The zero-order valence-corrected chi connectivity index (χ0v) is 14.5. The third-order valence-electron chi connectivity index (χ3n) is 3.00. The summed E-state index contributed by atoms with van der Waals surface area (Å²) in [7, 11) is 0. The molecule has 21 heavy (non-hydrogen) atoms. The number of carbonyl (C=O) groups is 1. The molecule has 112 valence electrons. The lowest BCUT2D eigenvalue weighted by Crippen LogP contribution is -2.25. The molecule has 0 bridgehead atoms. The van der Waals surface area contributed by atoms with Crippen molar-refractivity contribution < 1.29 is 9.21 Å². The van der Waals surface area contributed by atoms with Crippen molar-refractivity contribution in [3.05, 3.63) is 57.5 Å². The van der Waals surface area contributed by atoms with Gasteiger partial charge in [0.15, 0.2) is 0 Å². The maximum absolute atomic E-state index is 12.0. The van der Waals surface area contributed by atoms with Crippen molar-refractivity contribution in [2.75, 3.05) is 12.3 Å². The van der Waals surface area contributed by atoms with Crippen LogP contribution in [0, 0.1) is 13.8 Å². The van der Waals surface area contributed by atoms with E-state index in [-0.39, 0.29) is 5.91 Å². The molecule has 0 fully saturated rings. The number of nitrogens with one attached hydrogen (secondary N) is 1. The minimum atomic E-state index is -0.0615. The van der Waals surface area contributed by atoms with Gasteiger partial charge >= 0.3 is 0 Å². The number of aryl methyl sites for hydroxylation is 2. The first kappa shape index (κ1) is 16.2. The second kappa shape index (κ2) is 7.71. The fourth-order valence-corrected chi connectivity index (χ4v) is 3.04. The number of hydrogen-bond acceptors (Lipinski definition) is 3. The van der Waals surface area contributed by atoms with Crippen LogP contribution in [0.25, 0.3) is 0 Å². The second-order valence-corrected chi connectivity index (χ2v) is 6.78. The molecule has 2 rings (SSSR count). The van der Waals surface area contributed by atoms with E-state index in [1.54, 1.807) is 17.8 Å². The first-order valence-electron chi connectivity index (χ1n) is 6.73. The van der Waals surface area contributed by atoms with Crippen molar-refractivity contribution in [1.29, 1.82) is 0 Å². The van der Waals surface area contributed by atoms with Crippen LogP contribution in [-0.2, 0) is 5.75 Å². The summed E-state index contributed by atoms with van der Waals surface area (Å²) >= 11 is 5.23. The standard InChI is InChI=1S/C16H18BrNO2S/c1-11-9-15(12(2)20-11)16(19)18-7-8-21-10-13-3-5-14(17)6-4-13/h3-6,9H,7-8,10H2,1-2H3,(H,18,19). The van der Waals surface area contributed by atoms with Gasteiger partial charge in [-0.05, 0) is 37.6 Å². The summed E-state index contributed by atoms with van der Waals surface area (Å²) in [5.74, 6) is 3.22. The summed E-state index contributed by atoms with van der Waals surface area (Å²) in [5.41, 5.74) is 1.92. The number of amides is 1. The summed E-state index contributed by atoms with van der Waals surface area (Å²) < 4.78 is 6.45. The number of furan rings is 1. The summed E-state index contributed by atoms with van der Waals surface area (Å²) in [6.45, 7) is 4.31. The molecular weight excluding hydrogens is 350 g/mol. The normalized spacial score (nSPS) is 10.6. The SMILES string of the molecule is Cc1cc(C(=O)NCCSCc2ccc(Br)cc2)c(C)o1. The summed E-state index contributed by atoms with van der Waals surface area (Å²) in [4.78, 5) is 12.0. The molecule has 0 saturated carbocycles. The van der Waals surface area contributed by atoms with Crippen LogP contribution < -0.4 is 5.32 Å². The largest absolute Gasteiger partial charge is 0.466 e. The van der Waals surface area contributed by atoms with Gasteiger partial charge in [0.25, 0.3) is 5.91 Å². The van der Waals surface area contributed by atoms with Gasteiger partial charge in [0.05, 0.1) is 5.56 Å². The van der Waals surface area contributed by atoms with Crippen LogP contribution in [-0.4, -0.2) is 18.2 Å². The van der Waals surface area contributed by atoms with E-state index in [2.05, 4.69) is 33.4 Å². The van der Waals surface area contributed by atoms with Gasteiger partial charge in [-0.15, -0.1) is 0 Å². The quantitative estimate of drug-likeness (QED) is 0.772. The average Bonchev–Trinajstić information content (AvgIpc) is 2.79. The highest BCUT2D eigenvalue weighted by Gasteiger charge is 2.12. The summed E-state index contributed by atoms with van der Waals surface area (Å²) in [6.07, 6.45) is 0. The van der Waals surface area contributed by atoms with Gasteiger partial charge in [0, 0.05) is 22.5 Å². The molecule has 0 saturated heterocycles. The molecule has 5 heteroatoms. The van der Waals surface area contributed by atoms with Crippen LogP contribution in [0.5, 0.6) is 0 Å². The Bertz CT molecular complexity index is 607. The predicted molar refractivity (Wildman–Crippen MR) is 90.8 cm³/mol. The molecule has 1 aromatic heterocycles. The molecule has 0 radical (unpaired) electrons. The summed E-state index contributed by atoms with van der Waals surface area (Å²) in [5, 5.41) is 2.92. The Hall–Kier alpha value is -1.20. The van der Waals surface area contributed by atoms with Crippen molar-refractivity contribution in [2.45, 2.75) is 19.6 Å². The molecule has 0 spiro atoms. The molecule has 3 nitrogen and oxygen atoms in total. The molecule has 1 heterocycles. The van der Waals surface area contributed by atoms with Crippen molar-refractivity contribution in [2.24, 2.45) is 0 Å². The third-order valence-corrected chi connectivity index (χ3v) is 4.56. The van der Waals surface area contributed by atoms with E-state index in [1.807, 2.05) is 26.0 Å². The van der Waals surface area contributed by atoms with Gasteiger partial charge in [0.1, 0.15) is 11.5 Å². The first-order valence-corrected chi connectivity index (χ1v) is 8.68. The van der Waals surface area contributed by atoms with E-state index >= 15 is 0 Å². The van der Waals surface area contributed by atoms with Crippen molar-refractivity contribution in [1.82, 2.24) is 5.32 Å². The zero-order valence-electron chi connectivity index (χ0n) is 12.1. The number of hydrogen-bond donors (Lipinski definition) is 1. The maximum Gasteiger partial charge on any atom is 0.254 e. The number of carbonyl (C=O) groups excluding carboxylic acids is 1. The highest BCUT2D eigenvalue weighted by molar-refractivity contribution is 9.10. The van der Waals surface area contributed by atoms with Crippen LogP contribution in [0.1, 0.15) is 27.4 Å². The zero-order chi connectivity index (χ0) is 15.2. The van der Waals surface area contributed by atoms with Gasteiger partial charge in [-0.2, -0.15) is 11.8 Å². The van der Waals surface area contributed by atoms with Gasteiger partial charge < -0.3 is 9.73 Å². The van der Waals surface area contributed by atoms with Gasteiger partial charge in [-0.3, -0.25) is 4.79 Å². The predicted octanol–water partition coefficient (Wildman–Crippen LogP) is 4.32. The first-order chi connectivity index (χ1) is 10.1. The van der Waals surface area contributed by atoms with E-state index < -0.39 is 0 Å². The Morgan fingerprint density at radius 1 is 1.29 bits per heavy atom. The van der Waals surface area contributed by atoms with Gasteiger partial charge in [0.2, 0.25) is 0 Å². The van der Waals surface area contributed by atoms with Crippen LogP contribution in [0.3, 0.4) is 0 Å². The molecule has 1 amide bonds. The highest BCUT2D eigenvalue weighted by atomic mass is 79.9. The fraction of sp³-hybridized carbons (Fsp3) is 0.312. The van der Waals surface area contributed by atoms with E-state index in [9.17, 15) is 4.79 Å². The minimum absolute atomic E-state index is 0.0615. The monoisotopic (exact) mass is 367 g/mol. The lowest BCUT2D eigenvalue weighted by molar-refractivity contribution is 0.0954. The van der Waals surface area contributed by atoms with Crippen molar-refractivity contribution in [3.8, 4) is 0 Å². The van der Waals surface area contributed by atoms with E-state index in [4.69, 9.17) is 4.42 Å². The molecule has 0 aliphatic rings. The smallest absolute Gasteiger partial charge is 0.254 e. The molecule has 0 unspecified atom stereocenters. The lowest BCUT2D eigenvalue weighted by atomic mass is 10.2. The van der Waals surface area contributed by atoms with Crippen molar-refractivity contribution >= 4 is 33.6 Å². The fourth-order valence-electron chi connectivity index (χ4n) is 1.96. The third kappa shape index (κ3) is 4.93.